The van der Waals surface area contributed by atoms with Crippen molar-refractivity contribution in [2.45, 2.75) is 47.0 Å². The quantitative estimate of drug-likeness (QED) is 0.865. The number of hydrogen-bond donors (Lipinski definition) is 0. The first-order valence-electron chi connectivity index (χ1n) is 8.61. The van der Waals surface area contributed by atoms with E-state index in [0.29, 0.717) is 18.5 Å². The standard InChI is InChI=1S/C18H26N4O/c1-5-23-18-20-16-13(3)14(4)19-10-15(16)17(21-18)22-9-7-6-8-12(2)11-22/h10,12H,5-9,11H2,1-4H3. The van der Waals surface area contributed by atoms with Gasteiger partial charge in [0.25, 0.3) is 0 Å². The van der Waals surface area contributed by atoms with E-state index in [-0.39, 0.29) is 0 Å². The third-order valence-electron chi connectivity index (χ3n) is 4.67. The highest BCUT2D eigenvalue weighted by molar-refractivity contribution is 5.91. The van der Waals surface area contributed by atoms with Crippen molar-refractivity contribution in [3.63, 3.8) is 0 Å². The smallest absolute Gasteiger partial charge is 0.318 e. The van der Waals surface area contributed by atoms with E-state index in [4.69, 9.17) is 9.72 Å². The summed E-state index contributed by atoms with van der Waals surface area (Å²) in [7, 11) is 0. The summed E-state index contributed by atoms with van der Waals surface area (Å²) in [5, 5.41) is 1.03. The largest absolute Gasteiger partial charge is 0.464 e. The second kappa shape index (κ2) is 6.69. The highest BCUT2D eigenvalue weighted by Gasteiger charge is 2.21. The van der Waals surface area contributed by atoms with Crippen LogP contribution in [-0.4, -0.2) is 34.6 Å². The zero-order chi connectivity index (χ0) is 16.4. The minimum Gasteiger partial charge on any atom is -0.464 e. The molecule has 1 saturated heterocycles. The lowest BCUT2D eigenvalue weighted by molar-refractivity contribution is 0.314. The monoisotopic (exact) mass is 314 g/mol. The van der Waals surface area contributed by atoms with Crippen LogP contribution in [0.15, 0.2) is 6.20 Å². The van der Waals surface area contributed by atoms with Gasteiger partial charge in [0, 0.05) is 25.0 Å². The van der Waals surface area contributed by atoms with Gasteiger partial charge in [-0.25, -0.2) is 0 Å². The molecule has 1 aliphatic heterocycles. The summed E-state index contributed by atoms with van der Waals surface area (Å²) in [4.78, 5) is 16.3. The topological polar surface area (TPSA) is 51.1 Å². The Morgan fingerprint density at radius 3 is 2.87 bits per heavy atom. The van der Waals surface area contributed by atoms with Gasteiger partial charge in [-0.2, -0.15) is 9.97 Å². The molecule has 0 N–H and O–H groups in total. The van der Waals surface area contributed by atoms with Gasteiger partial charge in [-0.1, -0.05) is 13.3 Å². The van der Waals surface area contributed by atoms with Gasteiger partial charge < -0.3 is 9.64 Å². The zero-order valence-electron chi connectivity index (χ0n) is 14.6. The SMILES string of the molecule is CCOc1nc(N2CCCCC(C)C2)c2cnc(C)c(C)c2n1. The first kappa shape index (κ1) is 16.0. The van der Waals surface area contributed by atoms with Crippen LogP contribution >= 0.6 is 0 Å². The van der Waals surface area contributed by atoms with E-state index in [1.807, 2.05) is 20.0 Å². The molecule has 1 unspecified atom stereocenters. The molecule has 0 amide bonds. The van der Waals surface area contributed by atoms with Gasteiger partial charge in [-0.3, -0.25) is 4.98 Å². The van der Waals surface area contributed by atoms with E-state index in [1.165, 1.54) is 19.3 Å². The summed E-state index contributed by atoms with van der Waals surface area (Å²) in [5.41, 5.74) is 3.08. The van der Waals surface area contributed by atoms with Crippen molar-refractivity contribution in [3.05, 3.63) is 17.5 Å². The minimum absolute atomic E-state index is 0.473. The van der Waals surface area contributed by atoms with Crippen molar-refractivity contribution >= 4 is 16.7 Å². The number of rotatable bonds is 3. The number of nitrogens with zero attached hydrogens (tertiary/aromatic N) is 4. The molecule has 2 aromatic rings. The summed E-state index contributed by atoms with van der Waals surface area (Å²) < 4.78 is 5.63. The van der Waals surface area contributed by atoms with Crippen LogP contribution < -0.4 is 9.64 Å². The summed E-state index contributed by atoms with van der Waals surface area (Å²) in [5.74, 6) is 1.65. The van der Waals surface area contributed by atoms with Gasteiger partial charge in [0.15, 0.2) is 0 Å². The third-order valence-corrected chi connectivity index (χ3v) is 4.67. The maximum Gasteiger partial charge on any atom is 0.318 e. The molecule has 3 rings (SSSR count). The van der Waals surface area contributed by atoms with Crippen molar-refractivity contribution in [1.29, 1.82) is 0 Å². The molecular formula is C18H26N4O. The lowest BCUT2D eigenvalue weighted by Gasteiger charge is -2.25. The summed E-state index contributed by atoms with van der Waals surface area (Å²) in [6.07, 6.45) is 5.69. The molecule has 0 aliphatic carbocycles. The predicted octanol–water partition coefficient (Wildman–Crippen LogP) is 3.67. The molecule has 0 aromatic carbocycles. The number of anilines is 1. The van der Waals surface area contributed by atoms with E-state index >= 15 is 0 Å². The average molecular weight is 314 g/mol. The molecule has 2 aromatic heterocycles. The Morgan fingerprint density at radius 2 is 2.09 bits per heavy atom. The number of pyridine rings is 1. The van der Waals surface area contributed by atoms with Crippen LogP contribution in [0.4, 0.5) is 5.82 Å². The Bertz CT molecular complexity index is 701. The van der Waals surface area contributed by atoms with Crippen LogP contribution in [0.1, 0.15) is 44.4 Å². The van der Waals surface area contributed by atoms with Crippen molar-refractivity contribution in [1.82, 2.24) is 15.0 Å². The normalized spacial score (nSPS) is 19.0. The highest BCUT2D eigenvalue weighted by atomic mass is 16.5. The Hall–Kier alpha value is -1.91. The molecule has 23 heavy (non-hydrogen) atoms. The average Bonchev–Trinajstić information content (AvgIpc) is 2.75. The minimum atomic E-state index is 0.473. The lowest BCUT2D eigenvalue weighted by Crippen LogP contribution is -2.28. The van der Waals surface area contributed by atoms with Gasteiger partial charge in [-0.15, -0.1) is 0 Å². The molecular weight excluding hydrogens is 288 g/mol. The lowest BCUT2D eigenvalue weighted by atomic mass is 10.1. The van der Waals surface area contributed by atoms with E-state index in [0.717, 1.165) is 41.1 Å². The first-order valence-corrected chi connectivity index (χ1v) is 8.61. The zero-order valence-corrected chi connectivity index (χ0v) is 14.6. The molecule has 1 atom stereocenters. The van der Waals surface area contributed by atoms with Crippen LogP contribution in [-0.2, 0) is 0 Å². The molecule has 3 heterocycles. The van der Waals surface area contributed by atoms with Crippen molar-refractivity contribution in [2.24, 2.45) is 5.92 Å². The molecule has 124 valence electrons. The highest BCUT2D eigenvalue weighted by Crippen LogP contribution is 2.30. The first-order chi connectivity index (χ1) is 11.1. The molecule has 5 nitrogen and oxygen atoms in total. The van der Waals surface area contributed by atoms with Crippen LogP contribution in [0.2, 0.25) is 0 Å². The number of hydrogen-bond acceptors (Lipinski definition) is 5. The molecule has 0 spiro atoms. The second-order valence-corrected chi connectivity index (χ2v) is 6.54. The van der Waals surface area contributed by atoms with E-state index in [2.05, 4.69) is 28.7 Å². The Kier molecular flexibility index (Phi) is 4.64. The molecule has 0 radical (unpaired) electrons. The molecule has 0 bridgehead atoms. The Labute approximate surface area is 138 Å². The fraction of sp³-hybridized carbons (Fsp3) is 0.611. The number of aromatic nitrogens is 3. The molecule has 1 aliphatic rings. The Morgan fingerprint density at radius 1 is 1.26 bits per heavy atom. The summed E-state index contributed by atoms with van der Waals surface area (Å²) in [6, 6.07) is 0.473. The third kappa shape index (κ3) is 3.23. The molecule has 1 fully saturated rings. The van der Waals surface area contributed by atoms with Crippen LogP contribution in [0.3, 0.4) is 0 Å². The van der Waals surface area contributed by atoms with Gasteiger partial charge in [0.1, 0.15) is 5.82 Å². The number of fused-ring (bicyclic) bond motifs is 1. The second-order valence-electron chi connectivity index (χ2n) is 6.54. The van der Waals surface area contributed by atoms with Crippen molar-refractivity contribution in [3.8, 4) is 6.01 Å². The maximum atomic E-state index is 5.63. The van der Waals surface area contributed by atoms with Gasteiger partial charge in [0.2, 0.25) is 0 Å². The maximum absolute atomic E-state index is 5.63. The molecule has 0 saturated carbocycles. The summed E-state index contributed by atoms with van der Waals surface area (Å²) in [6.45, 7) is 11.0. The predicted molar refractivity (Wildman–Crippen MR) is 93.2 cm³/mol. The molecule has 5 heteroatoms. The summed E-state index contributed by atoms with van der Waals surface area (Å²) >= 11 is 0. The van der Waals surface area contributed by atoms with Crippen LogP contribution in [0.5, 0.6) is 6.01 Å². The van der Waals surface area contributed by atoms with Gasteiger partial charge >= 0.3 is 6.01 Å². The van der Waals surface area contributed by atoms with E-state index in [1.54, 1.807) is 0 Å². The van der Waals surface area contributed by atoms with Gasteiger partial charge in [-0.05, 0) is 45.1 Å². The van der Waals surface area contributed by atoms with E-state index in [9.17, 15) is 0 Å². The Balaban J connectivity index is 2.15. The fourth-order valence-electron chi connectivity index (χ4n) is 3.25. The van der Waals surface area contributed by atoms with E-state index < -0.39 is 0 Å². The van der Waals surface area contributed by atoms with Crippen LogP contribution in [0.25, 0.3) is 10.9 Å². The number of aryl methyl sites for hydroxylation is 2. The van der Waals surface area contributed by atoms with Crippen molar-refractivity contribution < 1.29 is 4.74 Å². The van der Waals surface area contributed by atoms with Gasteiger partial charge in [0.05, 0.1) is 17.5 Å². The van der Waals surface area contributed by atoms with Crippen LogP contribution in [0, 0.1) is 19.8 Å². The van der Waals surface area contributed by atoms with Crippen molar-refractivity contribution in [2.75, 3.05) is 24.6 Å². The number of ether oxygens (including phenoxy) is 1. The fourth-order valence-corrected chi connectivity index (χ4v) is 3.25.